The van der Waals surface area contributed by atoms with Crippen molar-refractivity contribution in [1.29, 1.82) is 0 Å². The zero-order valence-electron chi connectivity index (χ0n) is 15.6. The van der Waals surface area contributed by atoms with Crippen molar-refractivity contribution in [1.82, 2.24) is 19.7 Å². The second-order valence-corrected chi connectivity index (χ2v) is 9.01. The largest absolute Gasteiger partial charge is 0.467 e. The summed E-state index contributed by atoms with van der Waals surface area (Å²) < 4.78 is 7.43. The van der Waals surface area contributed by atoms with Crippen LogP contribution in [0.3, 0.4) is 0 Å². The Hall–Kier alpha value is -2.13. The summed E-state index contributed by atoms with van der Waals surface area (Å²) in [4.78, 5) is 15.9. The van der Waals surface area contributed by atoms with Crippen LogP contribution in [0.2, 0.25) is 0 Å². The molecule has 0 atom stereocenters. The minimum atomic E-state index is -0.353. The number of aromatic nitrogens is 4. The highest BCUT2D eigenvalue weighted by Gasteiger charge is 2.19. The lowest BCUT2D eigenvalue weighted by Gasteiger charge is -2.13. The molecular weight excluding hydrogens is 382 g/mol. The molecule has 1 amide bonds. The monoisotopic (exact) mass is 405 g/mol. The molecule has 9 heteroatoms. The first-order valence-electron chi connectivity index (χ1n) is 8.63. The normalized spacial score (nSPS) is 11.8. The Morgan fingerprint density at radius 2 is 2.19 bits per heavy atom. The van der Waals surface area contributed by atoms with Crippen molar-refractivity contribution in [3.05, 3.63) is 46.1 Å². The summed E-state index contributed by atoms with van der Waals surface area (Å²) in [6, 6.07) is 3.75. The van der Waals surface area contributed by atoms with E-state index in [0.29, 0.717) is 18.7 Å². The molecule has 0 saturated carbocycles. The smallest absolute Gasteiger partial charge is 0.217 e. The fourth-order valence-corrected chi connectivity index (χ4v) is 4.28. The first-order chi connectivity index (χ1) is 12.8. The number of hydrogen-bond donors (Lipinski definition) is 1. The molecule has 0 bridgehead atoms. The van der Waals surface area contributed by atoms with Gasteiger partial charge >= 0.3 is 0 Å². The fraction of sp³-hybridized carbons (Fsp3) is 0.444. The van der Waals surface area contributed by atoms with Crippen LogP contribution in [-0.2, 0) is 28.9 Å². The van der Waals surface area contributed by atoms with Crippen LogP contribution in [-0.4, -0.2) is 25.7 Å². The lowest BCUT2D eigenvalue weighted by atomic mass is 9.98. The molecule has 0 aliphatic heterocycles. The average Bonchev–Trinajstić information content (AvgIpc) is 3.32. The zero-order chi connectivity index (χ0) is 19.4. The molecule has 3 rings (SSSR count). The maximum absolute atomic E-state index is 11.1. The summed E-state index contributed by atoms with van der Waals surface area (Å²) in [6.07, 6.45) is 2.33. The third-order valence-electron chi connectivity index (χ3n) is 3.83. The second-order valence-electron chi connectivity index (χ2n) is 7.21. The van der Waals surface area contributed by atoms with Crippen molar-refractivity contribution in [2.75, 3.05) is 0 Å². The Morgan fingerprint density at radius 3 is 2.81 bits per heavy atom. The molecule has 0 spiro atoms. The quantitative estimate of drug-likeness (QED) is 0.577. The molecule has 3 heterocycles. The SMILES string of the molecule is CC(C)(C)c1nc(CSc2nnc(CCC(N)=O)n2Cc2ccco2)cs1. The molecule has 3 aromatic heterocycles. The molecule has 3 aromatic rings. The molecule has 27 heavy (non-hydrogen) atoms. The van der Waals surface area contributed by atoms with Gasteiger partial charge in [-0.05, 0) is 12.1 Å². The fourth-order valence-electron chi connectivity index (χ4n) is 2.42. The van der Waals surface area contributed by atoms with E-state index >= 15 is 0 Å². The van der Waals surface area contributed by atoms with E-state index in [2.05, 4.69) is 36.3 Å². The van der Waals surface area contributed by atoms with Crippen LogP contribution in [0.1, 0.15) is 49.5 Å². The first kappa shape index (κ1) is 19.6. The van der Waals surface area contributed by atoms with Gasteiger partial charge in [-0.3, -0.25) is 9.36 Å². The lowest BCUT2D eigenvalue weighted by Crippen LogP contribution is -2.14. The van der Waals surface area contributed by atoms with Crippen LogP contribution in [0.15, 0.2) is 33.3 Å². The van der Waals surface area contributed by atoms with E-state index in [9.17, 15) is 4.79 Å². The summed E-state index contributed by atoms with van der Waals surface area (Å²) in [5.74, 6) is 1.88. The Balaban J connectivity index is 1.75. The maximum Gasteiger partial charge on any atom is 0.217 e. The van der Waals surface area contributed by atoms with Gasteiger partial charge in [0.1, 0.15) is 11.6 Å². The van der Waals surface area contributed by atoms with Crippen LogP contribution in [0.5, 0.6) is 0 Å². The van der Waals surface area contributed by atoms with Crippen LogP contribution >= 0.6 is 23.1 Å². The van der Waals surface area contributed by atoms with Crippen LogP contribution < -0.4 is 5.73 Å². The molecule has 0 aromatic carbocycles. The summed E-state index contributed by atoms with van der Waals surface area (Å²) in [6.45, 7) is 7.00. The van der Waals surface area contributed by atoms with Crippen LogP contribution in [0.25, 0.3) is 0 Å². The summed E-state index contributed by atoms with van der Waals surface area (Å²) in [7, 11) is 0. The van der Waals surface area contributed by atoms with Crippen LogP contribution in [0, 0.1) is 0 Å². The Bertz CT molecular complexity index is 893. The highest BCUT2D eigenvalue weighted by atomic mass is 32.2. The van der Waals surface area contributed by atoms with Crippen molar-refractivity contribution in [3.63, 3.8) is 0 Å². The maximum atomic E-state index is 11.1. The van der Waals surface area contributed by atoms with Crippen molar-refractivity contribution in [2.24, 2.45) is 5.73 Å². The Kier molecular flexibility index (Phi) is 6.01. The number of thiazole rings is 1. The van der Waals surface area contributed by atoms with E-state index in [1.54, 1.807) is 29.4 Å². The molecule has 7 nitrogen and oxygen atoms in total. The van der Waals surface area contributed by atoms with Gasteiger partial charge in [0, 0.05) is 29.4 Å². The number of carbonyl (C=O) groups is 1. The van der Waals surface area contributed by atoms with Gasteiger partial charge in [-0.15, -0.1) is 21.5 Å². The Morgan fingerprint density at radius 1 is 1.37 bits per heavy atom. The van der Waals surface area contributed by atoms with Gasteiger partial charge in [0.15, 0.2) is 5.16 Å². The minimum Gasteiger partial charge on any atom is -0.467 e. The average molecular weight is 406 g/mol. The number of thioether (sulfide) groups is 1. The van der Waals surface area contributed by atoms with Gasteiger partial charge in [-0.25, -0.2) is 4.98 Å². The third kappa shape index (κ3) is 5.20. The van der Waals surface area contributed by atoms with Gasteiger partial charge in [0.25, 0.3) is 0 Å². The molecule has 0 saturated heterocycles. The van der Waals surface area contributed by atoms with E-state index in [1.807, 2.05) is 16.7 Å². The van der Waals surface area contributed by atoms with Crippen molar-refractivity contribution < 1.29 is 9.21 Å². The molecular formula is C18H23N5O2S2. The van der Waals surface area contributed by atoms with Gasteiger partial charge in [-0.1, -0.05) is 32.5 Å². The topological polar surface area (TPSA) is 99.8 Å². The predicted octanol–water partition coefficient (Wildman–Crippen LogP) is 3.38. The number of aryl methyl sites for hydroxylation is 1. The molecule has 0 radical (unpaired) electrons. The number of primary amides is 1. The van der Waals surface area contributed by atoms with Crippen LogP contribution in [0.4, 0.5) is 0 Å². The number of hydrogen-bond acceptors (Lipinski definition) is 7. The molecule has 0 aliphatic carbocycles. The number of amides is 1. The van der Waals surface area contributed by atoms with E-state index in [-0.39, 0.29) is 17.7 Å². The molecule has 144 valence electrons. The molecule has 0 fully saturated rings. The summed E-state index contributed by atoms with van der Waals surface area (Å²) >= 11 is 3.26. The highest BCUT2D eigenvalue weighted by molar-refractivity contribution is 7.98. The van der Waals surface area contributed by atoms with Gasteiger partial charge < -0.3 is 10.2 Å². The van der Waals surface area contributed by atoms with E-state index in [4.69, 9.17) is 15.1 Å². The molecule has 0 unspecified atom stereocenters. The number of rotatable bonds is 8. The van der Waals surface area contributed by atoms with E-state index < -0.39 is 0 Å². The standard InChI is InChI=1S/C18H23N5O2S2/c1-18(2,3)16-20-12(10-26-16)11-27-17-22-21-15(7-6-14(19)24)23(17)9-13-5-4-8-25-13/h4-5,8,10H,6-7,9,11H2,1-3H3,(H2,19,24). The zero-order valence-corrected chi connectivity index (χ0v) is 17.3. The first-order valence-corrected chi connectivity index (χ1v) is 10.5. The number of nitrogens with zero attached hydrogens (tertiary/aromatic N) is 4. The minimum absolute atomic E-state index is 0.0504. The number of nitrogens with two attached hydrogens (primary N) is 1. The van der Waals surface area contributed by atoms with Crippen molar-refractivity contribution >= 4 is 29.0 Å². The van der Waals surface area contributed by atoms with Crippen molar-refractivity contribution in [3.8, 4) is 0 Å². The Labute approximate surface area is 166 Å². The molecule has 2 N–H and O–H groups in total. The summed E-state index contributed by atoms with van der Waals surface area (Å²) in [5, 5.41) is 12.5. The third-order valence-corrected chi connectivity index (χ3v) is 6.14. The summed E-state index contributed by atoms with van der Waals surface area (Å²) in [5.41, 5.74) is 6.36. The predicted molar refractivity (Wildman–Crippen MR) is 106 cm³/mol. The lowest BCUT2D eigenvalue weighted by molar-refractivity contribution is -0.118. The number of carbonyl (C=O) groups excluding carboxylic acids is 1. The van der Waals surface area contributed by atoms with Crippen molar-refractivity contribution in [2.45, 2.75) is 56.5 Å². The highest BCUT2D eigenvalue weighted by Crippen LogP contribution is 2.29. The van der Waals surface area contributed by atoms with E-state index in [1.165, 1.54) is 0 Å². The van der Waals surface area contributed by atoms with E-state index in [0.717, 1.165) is 27.4 Å². The van der Waals surface area contributed by atoms with Gasteiger partial charge in [0.05, 0.1) is 23.5 Å². The van der Waals surface area contributed by atoms with Gasteiger partial charge in [-0.2, -0.15) is 0 Å². The second kappa shape index (κ2) is 8.26. The molecule has 0 aliphatic rings. The van der Waals surface area contributed by atoms with Gasteiger partial charge in [0.2, 0.25) is 5.91 Å². The number of furan rings is 1.